The van der Waals surface area contributed by atoms with Gasteiger partial charge in [-0.3, -0.25) is 4.79 Å². The molecule has 0 spiro atoms. The van der Waals surface area contributed by atoms with E-state index < -0.39 is 0 Å². The normalized spacial score (nSPS) is 9.18. The van der Waals surface area contributed by atoms with E-state index in [9.17, 15) is 9.90 Å². The zero-order valence-corrected chi connectivity index (χ0v) is 6.16. The van der Waals surface area contributed by atoms with Gasteiger partial charge in [0, 0.05) is 11.3 Å². The summed E-state index contributed by atoms with van der Waals surface area (Å²) >= 11 is 0. The lowest BCUT2D eigenvalue weighted by Gasteiger charge is -2.03. The molecule has 1 rings (SSSR count). The molecule has 0 saturated carbocycles. The molecule has 0 saturated heterocycles. The Hall–Kier alpha value is -1.51. The molecule has 58 valence electrons. The van der Waals surface area contributed by atoms with E-state index in [1.165, 1.54) is 0 Å². The van der Waals surface area contributed by atoms with E-state index in [1.54, 1.807) is 25.1 Å². The molecule has 1 aromatic rings. The Morgan fingerprint density at radius 2 is 2.27 bits per heavy atom. The smallest absolute Gasteiger partial charge is 0.211 e. The third-order valence-electron chi connectivity index (χ3n) is 1.52. The average Bonchev–Trinajstić information content (AvgIpc) is 1.99. The number of aromatic hydroxyl groups is 1. The molecule has 0 fully saturated rings. The van der Waals surface area contributed by atoms with Gasteiger partial charge in [-0.1, -0.05) is 6.07 Å². The first-order valence-electron chi connectivity index (χ1n) is 3.24. The average molecular weight is 151 g/mol. The number of anilines is 1. The van der Waals surface area contributed by atoms with E-state index in [-0.39, 0.29) is 5.75 Å². The van der Waals surface area contributed by atoms with Crippen LogP contribution in [-0.2, 0) is 4.79 Å². The summed E-state index contributed by atoms with van der Waals surface area (Å²) in [6, 6.07) is 4.98. The van der Waals surface area contributed by atoms with Crippen molar-refractivity contribution >= 4 is 12.1 Å². The summed E-state index contributed by atoms with van der Waals surface area (Å²) in [6.45, 7) is 1.74. The molecule has 0 unspecified atom stereocenters. The Morgan fingerprint density at radius 1 is 1.55 bits per heavy atom. The van der Waals surface area contributed by atoms with Crippen LogP contribution in [0.1, 0.15) is 5.56 Å². The minimum Gasteiger partial charge on any atom is -0.508 e. The van der Waals surface area contributed by atoms with E-state index in [4.69, 9.17) is 0 Å². The van der Waals surface area contributed by atoms with E-state index in [0.29, 0.717) is 17.7 Å². The third-order valence-corrected chi connectivity index (χ3v) is 1.52. The van der Waals surface area contributed by atoms with Gasteiger partial charge in [0.15, 0.2) is 0 Å². The fourth-order valence-electron chi connectivity index (χ4n) is 0.843. The number of amides is 1. The first-order chi connectivity index (χ1) is 5.25. The molecule has 0 heterocycles. The quantitative estimate of drug-likeness (QED) is 0.625. The Kier molecular flexibility index (Phi) is 2.11. The van der Waals surface area contributed by atoms with Crippen molar-refractivity contribution in [1.82, 2.24) is 0 Å². The summed E-state index contributed by atoms with van der Waals surface area (Å²) in [5.41, 5.74) is 1.32. The SMILES string of the molecule is Cc1c(O)cccc1NC=O. The van der Waals surface area contributed by atoms with Crippen LogP contribution in [0.2, 0.25) is 0 Å². The second-order valence-corrected chi connectivity index (χ2v) is 2.21. The second kappa shape index (κ2) is 3.05. The number of carbonyl (C=O) groups excluding carboxylic acids is 1. The summed E-state index contributed by atoms with van der Waals surface area (Å²) in [5, 5.41) is 11.6. The molecule has 0 aromatic heterocycles. The number of nitrogens with one attached hydrogen (secondary N) is 1. The van der Waals surface area contributed by atoms with Gasteiger partial charge in [0.1, 0.15) is 5.75 Å². The Balaban J connectivity index is 3.05. The van der Waals surface area contributed by atoms with Crippen molar-refractivity contribution in [3.63, 3.8) is 0 Å². The van der Waals surface area contributed by atoms with Crippen molar-refractivity contribution in [2.24, 2.45) is 0 Å². The zero-order chi connectivity index (χ0) is 8.27. The number of phenolic OH excluding ortho intramolecular Hbond substituents is 1. The first-order valence-corrected chi connectivity index (χ1v) is 3.24. The van der Waals surface area contributed by atoms with Crippen LogP contribution in [0.25, 0.3) is 0 Å². The van der Waals surface area contributed by atoms with Gasteiger partial charge in [0.2, 0.25) is 6.41 Å². The summed E-state index contributed by atoms with van der Waals surface area (Å²) < 4.78 is 0. The van der Waals surface area contributed by atoms with E-state index in [2.05, 4.69) is 5.32 Å². The van der Waals surface area contributed by atoms with Crippen LogP contribution in [-0.4, -0.2) is 11.5 Å². The lowest BCUT2D eigenvalue weighted by Crippen LogP contribution is -1.95. The second-order valence-electron chi connectivity index (χ2n) is 2.21. The predicted molar refractivity (Wildman–Crippen MR) is 42.5 cm³/mol. The number of rotatable bonds is 2. The lowest BCUT2D eigenvalue weighted by molar-refractivity contribution is -0.105. The van der Waals surface area contributed by atoms with Crippen LogP contribution >= 0.6 is 0 Å². The molecule has 0 atom stereocenters. The largest absolute Gasteiger partial charge is 0.508 e. The molecule has 1 amide bonds. The molecule has 0 aliphatic carbocycles. The molecule has 0 bridgehead atoms. The fourth-order valence-corrected chi connectivity index (χ4v) is 0.843. The van der Waals surface area contributed by atoms with Gasteiger partial charge in [-0.15, -0.1) is 0 Å². The maximum Gasteiger partial charge on any atom is 0.211 e. The molecule has 3 nitrogen and oxygen atoms in total. The Morgan fingerprint density at radius 3 is 2.91 bits per heavy atom. The molecule has 0 radical (unpaired) electrons. The van der Waals surface area contributed by atoms with Crippen LogP contribution in [0.15, 0.2) is 18.2 Å². The minimum atomic E-state index is 0.192. The number of hydrogen-bond donors (Lipinski definition) is 2. The van der Waals surface area contributed by atoms with Crippen LogP contribution < -0.4 is 5.32 Å². The molecule has 11 heavy (non-hydrogen) atoms. The van der Waals surface area contributed by atoms with Gasteiger partial charge in [-0.2, -0.15) is 0 Å². The summed E-state index contributed by atoms with van der Waals surface area (Å²) in [4.78, 5) is 10.0. The number of carbonyl (C=O) groups is 1. The minimum absolute atomic E-state index is 0.192. The predicted octanol–water partition coefficient (Wildman–Crippen LogP) is 1.27. The summed E-state index contributed by atoms with van der Waals surface area (Å²) in [7, 11) is 0. The highest BCUT2D eigenvalue weighted by atomic mass is 16.3. The number of benzene rings is 1. The summed E-state index contributed by atoms with van der Waals surface area (Å²) in [6.07, 6.45) is 0.585. The first kappa shape index (κ1) is 7.60. The molecular formula is C8H9NO2. The standard InChI is InChI=1S/C8H9NO2/c1-6-7(9-5-10)3-2-4-8(6)11/h2-5,11H,1H3,(H,9,10). The van der Waals surface area contributed by atoms with E-state index in [0.717, 1.165) is 0 Å². The maximum absolute atomic E-state index is 10.0. The van der Waals surface area contributed by atoms with Crippen molar-refractivity contribution in [2.45, 2.75) is 6.92 Å². The molecule has 0 aliphatic heterocycles. The van der Waals surface area contributed by atoms with Crippen molar-refractivity contribution in [3.8, 4) is 5.75 Å². The van der Waals surface area contributed by atoms with Crippen LogP contribution in [0, 0.1) is 6.92 Å². The highest BCUT2D eigenvalue weighted by Gasteiger charge is 1.99. The monoisotopic (exact) mass is 151 g/mol. The van der Waals surface area contributed by atoms with Crippen molar-refractivity contribution < 1.29 is 9.90 Å². The topological polar surface area (TPSA) is 49.3 Å². The van der Waals surface area contributed by atoms with Crippen LogP contribution in [0.3, 0.4) is 0 Å². The van der Waals surface area contributed by atoms with Gasteiger partial charge < -0.3 is 10.4 Å². The highest BCUT2D eigenvalue weighted by Crippen LogP contribution is 2.22. The molecule has 0 aliphatic rings. The van der Waals surface area contributed by atoms with E-state index >= 15 is 0 Å². The van der Waals surface area contributed by atoms with Gasteiger partial charge in [0.05, 0.1) is 0 Å². The lowest BCUT2D eigenvalue weighted by atomic mass is 10.2. The Bertz CT molecular complexity index is 271. The van der Waals surface area contributed by atoms with Gasteiger partial charge in [-0.05, 0) is 19.1 Å². The molecule has 1 aromatic carbocycles. The van der Waals surface area contributed by atoms with Gasteiger partial charge in [0.25, 0.3) is 0 Å². The van der Waals surface area contributed by atoms with Crippen molar-refractivity contribution in [2.75, 3.05) is 5.32 Å². The molecule has 2 N–H and O–H groups in total. The summed E-state index contributed by atoms with van der Waals surface area (Å²) in [5.74, 6) is 0.192. The van der Waals surface area contributed by atoms with Crippen LogP contribution in [0.5, 0.6) is 5.75 Å². The molecular weight excluding hydrogens is 142 g/mol. The number of hydrogen-bond acceptors (Lipinski definition) is 2. The van der Waals surface area contributed by atoms with Crippen molar-refractivity contribution in [1.29, 1.82) is 0 Å². The third kappa shape index (κ3) is 1.49. The van der Waals surface area contributed by atoms with E-state index in [1.807, 2.05) is 0 Å². The van der Waals surface area contributed by atoms with Gasteiger partial charge >= 0.3 is 0 Å². The zero-order valence-electron chi connectivity index (χ0n) is 6.16. The van der Waals surface area contributed by atoms with Crippen LogP contribution in [0.4, 0.5) is 5.69 Å². The van der Waals surface area contributed by atoms with Gasteiger partial charge in [-0.25, -0.2) is 0 Å². The highest BCUT2D eigenvalue weighted by molar-refractivity contribution is 5.74. The Labute approximate surface area is 64.7 Å². The maximum atomic E-state index is 10.0. The van der Waals surface area contributed by atoms with Crippen molar-refractivity contribution in [3.05, 3.63) is 23.8 Å². The number of phenols is 1. The fraction of sp³-hybridized carbons (Fsp3) is 0.125. The molecule has 3 heteroatoms.